The largest absolute Gasteiger partial charge is 0.456 e. The van der Waals surface area contributed by atoms with Crippen molar-refractivity contribution in [1.82, 2.24) is 0 Å². The monoisotopic (exact) mass is 488 g/mol. The third-order valence-electron chi connectivity index (χ3n) is 6.07. The summed E-state index contributed by atoms with van der Waals surface area (Å²) < 4.78 is 10.7. The molecule has 0 saturated heterocycles. The molecule has 0 bridgehead atoms. The minimum atomic E-state index is -0.826. The summed E-state index contributed by atoms with van der Waals surface area (Å²) in [5, 5.41) is 9.56. The van der Waals surface area contributed by atoms with E-state index >= 15 is 0 Å². The van der Waals surface area contributed by atoms with Gasteiger partial charge in [0.2, 0.25) is 0 Å². The van der Waals surface area contributed by atoms with Gasteiger partial charge in [0.05, 0.1) is 6.61 Å². The molecule has 0 aliphatic rings. The van der Waals surface area contributed by atoms with Crippen molar-refractivity contribution in [3.63, 3.8) is 0 Å². The summed E-state index contributed by atoms with van der Waals surface area (Å²) in [7, 11) is 2.38. The van der Waals surface area contributed by atoms with E-state index in [9.17, 15) is 14.7 Å². The van der Waals surface area contributed by atoms with Crippen LogP contribution in [0.15, 0.2) is 0 Å². The molecule has 6 heteroatoms. The molecular weight excluding hydrogens is 435 g/mol. The highest BCUT2D eigenvalue weighted by Crippen LogP contribution is 2.17. The molecule has 0 aliphatic heterocycles. The van der Waals surface area contributed by atoms with E-state index in [-0.39, 0.29) is 18.5 Å². The Balaban J connectivity index is 3.79. The molecule has 0 aromatic heterocycles. The molecule has 0 rings (SSSR count). The maximum atomic E-state index is 12.1. The summed E-state index contributed by atoms with van der Waals surface area (Å²) in [6.45, 7) is 4.09. The lowest BCUT2D eigenvalue weighted by atomic mass is 10.1. The molecule has 0 radical (unpaired) electrons. The van der Waals surface area contributed by atoms with Gasteiger partial charge < -0.3 is 14.6 Å². The second-order valence-corrected chi connectivity index (χ2v) is 9.98. The van der Waals surface area contributed by atoms with Crippen molar-refractivity contribution < 1.29 is 24.2 Å². The quantitative estimate of drug-likeness (QED) is 0.0866. The van der Waals surface area contributed by atoms with E-state index in [0.717, 1.165) is 38.5 Å². The Morgan fingerprint density at radius 2 is 0.939 bits per heavy atom. The summed E-state index contributed by atoms with van der Waals surface area (Å²) in [5.41, 5.74) is 0. The Hall–Kier alpha value is -0.670. The molecule has 3 atom stereocenters. The number of aliphatic hydroxyl groups is 1. The zero-order valence-electron chi connectivity index (χ0n) is 21.7. The molecule has 196 valence electrons. The van der Waals surface area contributed by atoms with Gasteiger partial charge in [0.25, 0.3) is 0 Å². The third-order valence-corrected chi connectivity index (χ3v) is 6.63. The highest BCUT2D eigenvalue weighted by Gasteiger charge is 2.24. The summed E-state index contributed by atoms with van der Waals surface area (Å²) >= 11 is 0. The fourth-order valence-corrected chi connectivity index (χ4v) is 4.23. The molecule has 5 nitrogen and oxygen atoms in total. The molecule has 33 heavy (non-hydrogen) atoms. The predicted molar refractivity (Wildman–Crippen MR) is 140 cm³/mol. The number of unbranched alkanes of at least 4 members (excludes halogenated alkanes) is 16. The minimum Gasteiger partial charge on any atom is -0.456 e. The maximum absolute atomic E-state index is 12.1. The second-order valence-electron chi connectivity index (χ2n) is 9.32. The number of carbonyl (C=O) groups is 2. The van der Waals surface area contributed by atoms with Crippen molar-refractivity contribution in [1.29, 1.82) is 0 Å². The van der Waals surface area contributed by atoms with Crippen LogP contribution in [0.5, 0.6) is 0 Å². The van der Waals surface area contributed by atoms with Crippen molar-refractivity contribution >= 4 is 21.2 Å². The summed E-state index contributed by atoms with van der Waals surface area (Å²) in [6, 6.07) is 0. The van der Waals surface area contributed by atoms with Crippen LogP contribution in [0.3, 0.4) is 0 Å². The van der Waals surface area contributed by atoms with E-state index < -0.39 is 11.9 Å². The van der Waals surface area contributed by atoms with Crippen LogP contribution in [0.1, 0.15) is 142 Å². The zero-order chi connectivity index (χ0) is 24.6. The lowest BCUT2D eigenvalue weighted by molar-refractivity contribution is -0.164. The zero-order valence-corrected chi connectivity index (χ0v) is 22.8. The minimum absolute atomic E-state index is 0.300. The Morgan fingerprint density at radius 1 is 0.606 bits per heavy atom. The molecule has 0 saturated carbocycles. The number of hydrogen-bond donors (Lipinski definition) is 1. The first-order valence-corrected chi connectivity index (χ1v) is 14.5. The van der Waals surface area contributed by atoms with Crippen molar-refractivity contribution in [3.8, 4) is 0 Å². The first-order valence-electron chi connectivity index (χ1n) is 13.8. The van der Waals surface area contributed by atoms with Gasteiger partial charge >= 0.3 is 11.9 Å². The number of rotatable bonds is 24. The lowest BCUT2D eigenvalue weighted by Crippen LogP contribution is -2.34. The van der Waals surface area contributed by atoms with Gasteiger partial charge in [-0.2, -0.15) is 0 Å². The molecule has 0 heterocycles. The Kier molecular flexibility index (Phi) is 24.0. The molecule has 1 N–H and O–H groups in total. The fraction of sp³-hybridized carbons (Fsp3) is 0.926. The molecule has 0 aliphatic carbocycles. The van der Waals surface area contributed by atoms with Crippen LogP contribution in [0.4, 0.5) is 0 Å². The van der Waals surface area contributed by atoms with Gasteiger partial charge in [0.1, 0.15) is 0 Å². The van der Waals surface area contributed by atoms with Crippen LogP contribution in [-0.2, 0) is 19.1 Å². The van der Waals surface area contributed by atoms with Crippen LogP contribution < -0.4 is 0 Å². The van der Waals surface area contributed by atoms with Crippen molar-refractivity contribution in [2.24, 2.45) is 0 Å². The first-order chi connectivity index (χ1) is 16.0. The SMILES string of the molecule is CCCCCCCCCCCC(=O)OC(P)C(CO)OC(=O)CCCCCCCCCCC. The first kappa shape index (κ1) is 32.3. The van der Waals surface area contributed by atoms with Crippen molar-refractivity contribution in [2.75, 3.05) is 6.61 Å². The van der Waals surface area contributed by atoms with Crippen LogP contribution >= 0.6 is 9.24 Å². The lowest BCUT2D eigenvalue weighted by Gasteiger charge is -2.22. The Labute approximate surface area is 206 Å². The number of aliphatic hydroxyl groups excluding tert-OH is 1. The molecular formula is C27H53O5P. The molecule has 0 spiro atoms. The summed E-state index contributed by atoms with van der Waals surface area (Å²) in [4.78, 5) is 24.1. The van der Waals surface area contributed by atoms with Crippen molar-refractivity contribution in [2.45, 2.75) is 154 Å². The Bertz CT molecular complexity index is 458. The van der Waals surface area contributed by atoms with Crippen molar-refractivity contribution in [3.05, 3.63) is 0 Å². The van der Waals surface area contributed by atoms with Crippen LogP contribution in [0, 0.1) is 0 Å². The maximum Gasteiger partial charge on any atom is 0.306 e. The molecule has 0 fully saturated rings. The topological polar surface area (TPSA) is 72.8 Å². The molecule has 3 unspecified atom stereocenters. The van der Waals surface area contributed by atoms with E-state index in [0.29, 0.717) is 12.8 Å². The standard InChI is InChI=1S/C27H53O5P/c1-3-5-7-9-11-13-15-17-19-21-25(29)31-24(23-28)27(33)32-26(30)22-20-18-16-14-12-10-8-6-4-2/h24,27-28H,3-23,33H2,1-2H3. The van der Waals surface area contributed by atoms with Crippen LogP contribution in [0.25, 0.3) is 0 Å². The van der Waals surface area contributed by atoms with Gasteiger partial charge in [-0.3, -0.25) is 9.59 Å². The highest BCUT2D eigenvalue weighted by molar-refractivity contribution is 7.17. The van der Waals surface area contributed by atoms with E-state index in [1.54, 1.807) is 0 Å². The normalized spacial score (nSPS) is 13.0. The molecule has 0 aromatic carbocycles. The molecule has 0 aromatic rings. The van der Waals surface area contributed by atoms with E-state index in [2.05, 4.69) is 23.1 Å². The fourth-order valence-electron chi connectivity index (χ4n) is 3.88. The number of carbonyl (C=O) groups excluding carboxylic acids is 2. The van der Waals surface area contributed by atoms with Crippen LogP contribution in [0.2, 0.25) is 0 Å². The van der Waals surface area contributed by atoms with E-state index in [1.165, 1.54) is 77.0 Å². The predicted octanol–water partition coefficient (Wildman–Crippen LogP) is 7.48. The molecule has 0 amide bonds. The van der Waals surface area contributed by atoms with Gasteiger partial charge in [-0.05, 0) is 12.8 Å². The van der Waals surface area contributed by atoms with Gasteiger partial charge in [-0.25, -0.2) is 0 Å². The average Bonchev–Trinajstić information content (AvgIpc) is 2.80. The smallest absolute Gasteiger partial charge is 0.306 e. The second kappa shape index (κ2) is 24.5. The van der Waals surface area contributed by atoms with E-state index in [1.807, 2.05) is 0 Å². The highest BCUT2D eigenvalue weighted by atomic mass is 31.0. The number of hydrogen-bond acceptors (Lipinski definition) is 5. The summed E-state index contributed by atoms with van der Waals surface area (Å²) in [6.07, 6.45) is 21.3. The van der Waals surface area contributed by atoms with Crippen LogP contribution in [-0.4, -0.2) is 35.6 Å². The van der Waals surface area contributed by atoms with Gasteiger partial charge in [-0.15, -0.1) is 0 Å². The summed E-state index contributed by atoms with van der Waals surface area (Å²) in [5.74, 6) is -1.35. The van der Waals surface area contributed by atoms with E-state index in [4.69, 9.17) is 9.47 Å². The Morgan fingerprint density at radius 3 is 1.30 bits per heavy atom. The number of ether oxygens (including phenoxy) is 2. The van der Waals surface area contributed by atoms with Gasteiger partial charge in [-0.1, -0.05) is 126 Å². The average molecular weight is 489 g/mol. The van der Waals surface area contributed by atoms with Gasteiger partial charge in [0.15, 0.2) is 11.9 Å². The third kappa shape index (κ3) is 21.6. The van der Waals surface area contributed by atoms with Gasteiger partial charge in [0, 0.05) is 12.8 Å². The number of esters is 2.